The Bertz CT molecular complexity index is 414. The highest BCUT2D eigenvalue weighted by molar-refractivity contribution is 5.70. The molecule has 0 radical (unpaired) electrons. The molecule has 1 aliphatic rings. The van der Waals surface area contributed by atoms with Crippen molar-refractivity contribution in [1.29, 1.82) is 0 Å². The predicted molar refractivity (Wildman–Crippen MR) is 62.1 cm³/mol. The van der Waals surface area contributed by atoms with E-state index in [1.54, 1.807) is 25.1 Å². The molecular formula is C13H16O4. The molecule has 1 N–H and O–H groups in total. The number of aromatic hydroxyl groups is 1. The smallest absolute Gasteiger partial charge is 0.309 e. The van der Waals surface area contributed by atoms with Crippen molar-refractivity contribution in [3.8, 4) is 11.5 Å². The zero-order valence-corrected chi connectivity index (χ0v) is 9.81. The van der Waals surface area contributed by atoms with Gasteiger partial charge >= 0.3 is 5.97 Å². The third-order valence-electron chi connectivity index (χ3n) is 2.77. The van der Waals surface area contributed by atoms with Crippen LogP contribution in [0.25, 0.3) is 0 Å². The van der Waals surface area contributed by atoms with Gasteiger partial charge in [0, 0.05) is 0 Å². The second-order valence-corrected chi connectivity index (χ2v) is 4.08. The van der Waals surface area contributed by atoms with E-state index in [1.165, 1.54) is 0 Å². The van der Waals surface area contributed by atoms with E-state index in [-0.39, 0.29) is 24.2 Å². The number of benzene rings is 1. The Morgan fingerprint density at radius 1 is 1.59 bits per heavy atom. The van der Waals surface area contributed by atoms with Crippen LogP contribution in [0.15, 0.2) is 18.2 Å². The van der Waals surface area contributed by atoms with Gasteiger partial charge in [0.25, 0.3) is 0 Å². The third kappa shape index (κ3) is 2.90. The van der Waals surface area contributed by atoms with E-state index >= 15 is 0 Å². The van der Waals surface area contributed by atoms with E-state index in [9.17, 15) is 9.90 Å². The van der Waals surface area contributed by atoms with Gasteiger partial charge in [-0.2, -0.15) is 0 Å². The number of carbonyl (C=O) groups excluding carboxylic acids is 1. The molecule has 0 fully saturated rings. The van der Waals surface area contributed by atoms with Crippen LogP contribution in [-0.4, -0.2) is 23.8 Å². The molecule has 0 unspecified atom stereocenters. The molecule has 0 amide bonds. The molecule has 1 aliphatic heterocycles. The van der Waals surface area contributed by atoms with Gasteiger partial charge in [-0.05, 0) is 43.5 Å². The zero-order valence-electron chi connectivity index (χ0n) is 9.81. The number of hydrogen-bond acceptors (Lipinski definition) is 4. The SMILES string of the molecule is CCOC(=O)C[C@@H]1CCc2cc(O)ccc2O1. The fraction of sp³-hybridized carbons (Fsp3) is 0.462. The Kier molecular flexibility index (Phi) is 3.52. The molecule has 0 saturated heterocycles. The number of rotatable bonds is 3. The second-order valence-electron chi connectivity index (χ2n) is 4.08. The lowest BCUT2D eigenvalue weighted by atomic mass is 10.0. The van der Waals surface area contributed by atoms with E-state index in [2.05, 4.69) is 0 Å². The lowest BCUT2D eigenvalue weighted by Crippen LogP contribution is -2.26. The van der Waals surface area contributed by atoms with Crippen LogP contribution in [0.5, 0.6) is 11.5 Å². The first-order valence-electron chi connectivity index (χ1n) is 5.83. The molecule has 17 heavy (non-hydrogen) atoms. The van der Waals surface area contributed by atoms with Crippen molar-refractivity contribution in [2.75, 3.05) is 6.61 Å². The first kappa shape index (κ1) is 11.8. The normalized spacial score (nSPS) is 18.1. The minimum absolute atomic E-state index is 0.119. The average Bonchev–Trinajstić information content (AvgIpc) is 2.29. The number of aryl methyl sites for hydroxylation is 1. The topological polar surface area (TPSA) is 55.8 Å². The van der Waals surface area contributed by atoms with E-state index in [4.69, 9.17) is 9.47 Å². The summed E-state index contributed by atoms with van der Waals surface area (Å²) in [5.41, 5.74) is 0.991. The van der Waals surface area contributed by atoms with Crippen LogP contribution in [0.3, 0.4) is 0 Å². The minimum atomic E-state index is -0.222. The molecule has 1 aromatic carbocycles. The standard InChI is InChI=1S/C13H16O4/c1-2-16-13(15)8-11-5-3-9-7-10(14)4-6-12(9)17-11/h4,6-7,11,14H,2-3,5,8H2,1H3/t11-/m0/s1. The highest BCUT2D eigenvalue weighted by atomic mass is 16.5. The van der Waals surface area contributed by atoms with Gasteiger partial charge < -0.3 is 14.6 Å². The van der Waals surface area contributed by atoms with Crippen LogP contribution >= 0.6 is 0 Å². The van der Waals surface area contributed by atoms with Crippen molar-refractivity contribution in [3.63, 3.8) is 0 Å². The van der Waals surface area contributed by atoms with E-state index in [0.29, 0.717) is 6.61 Å². The molecule has 4 heteroatoms. The highest BCUT2D eigenvalue weighted by Gasteiger charge is 2.22. The lowest BCUT2D eigenvalue weighted by Gasteiger charge is -2.25. The molecule has 0 saturated carbocycles. The first-order valence-corrected chi connectivity index (χ1v) is 5.83. The number of phenols is 1. The van der Waals surface area contributed by atoms with Crippen molar-refractivity contribution in [1.82, 2.24) is 0 Å². The molecule has 0 spiro atoms. The van der Waals surface area contributed by atoms with Crippen LogP contribution in [0, 0.1) is 0 Å². The van der Waals surface area contributed by atoms with Gasteiger partial charge in [0.15, 0.2) is 0 Å². The van der Waals surface area contributed by atoms with Crippen LogP contribution in [0.4, 0.5) is 0 Å². The molecular weight excluding hydrogens is 220 g/mol. The molecule has 0 aromatic heterocycles. The molecule has 1 heterocycles. The van der Waals surface area contributed by atoms with Crippen LogP contribution in [0.1, 0.15) is 25.3 Å². The fourth-order valence-electron chi connectivity index (χ4n) is 1.98. The van der Waals surface area contributed by atoms with Gasteiger partial charge in [-0.3, -0.25) is 4.79 Å². The van der Waals surface area contributed by atoms with Crippen molar-refractivity contribution in [2.45, 2.75) is 32.3 Å². The third-order valence-corrected chi connectivity index (χ3v) is 2.77. The van der Waals surface area contributed by atoms with Crippen LogP contribution in [0.2, 0.25) is 0 Å². The molecule has 92 valence electrons. The summed E-state index contributed by atoms with van der Waals surface area (Å²) in [5.74, 6) is 0.777. The van der Waals surface area contributed by atoms with Gasteiger partial charge in [-0.25, -0.2) is 0 Å². The van der Waals surface area contributed by atoms with Gasteiger partial charge in [-0.1, -0.05) is 0 Å². The largest absolute Gasteiger partial charge is 0.508 e. The molecule has 1 aromatic rings. The van der Waals surface area contributed by atoms with E-state index in [1.807, 2.05) is 0 Å². The van der Waals surface area contributed by atoms with Crippen LogP contribution < -0.4 is 4.74 Å². The Hall–Kier alpha value is -1.71. The Morgan fingerprint density at radius 3 is 3.18 bits per heavy atom. The number of hydrogen-bond donors (Lipinski definition) is 1. The Morgan fingerprint density at radius 2 is 2.41 bits per heavy atom. The molecule has 1 atom stereocenters. The van der Waals surface area contributed by atoms with Crippen molar-refractivity contribution in [2.24, 2.45) is 0 Å². The van der Waals surface area contributed by atoms with Gasteiger partial charge in [0.2, 0.25) is 0 Å². The summed E-state index contributed by atoms with van der Waals surface area (Å²) in [4.78, 5) is 11.3. The zero-order chi connectivity index (χ0) is 12.3. The second kappa shape index (κ2) is 5.08. The minimum Gasteiger partial charge on any atom is -0.508 e. The maximum absolute atomic E-state index is 11.3. The summed E-state index contributed by atoms with van der Waals surface area (Å²) in [5, 5.41) is 9.34. The highest BCUT2D eigenvalue weighted by Crippen LogP contribution is 2.31. The summed E-state index contributed by atoms with van der Waals surface area (Å²) < 4.78 is 10.6. The fourth-order valence-corrected chi connectivity index (χ4v) is 1.98. The van der Waals surface area contributed by atoms with Crippen molar-refractivity contribution >= 4 is 5.97 Å². The number of fused-ring (bicyclic) bond motifs is 1. The summed E-state index contributed by atoms with van der Waals surface area (Å²) in [6.07, 6.45) is 1.75. The van der Waals surface area contributed by atoms with Crippen LogP contribution in [-0.2, 0) is 16.0 Å². The first-order chi connectivity index (χ1) is 8.19. The summed E-state index contributed by atoms with van der Waals surface area (Å²) in [6, 6.07) is 5.03. The molecule has 0 bridgehead atoms. The molecule has 0 aliphatic carbocycles. The number of carbonyl (C=O) groups is 1. The lowest BCUT2D eigenvalue weighted by molar-refractivity contribution is -0.145. The van der Waals surface area contributed by atoms with E-state index in [0.717, 1.165) is 24.2 Å². The van der Waals surface area contributed by atoms with Gasteiger partial charge in [-0.15, -0.1) is 0 Å². The average molecular weight is 236 g/mol. The monoisotopic (exact) mass is 236 g/mol. The number of esters is 1. The number of ether oxygens (including phenoxy) is 2. The molecule has 4 nitrogen and oxygen atoms in total. The number of phenolic OH excluding ortho intramolecular Hbond substituents is 1. The summed E-state index contributed by atoms with van der Waals surface area (Å²) >= 11 is 0. The quantitative estimate of drug-likeness (QED) is 0.816. The van der Waals surface area contributed by atoms with Crippen molar-refractivity contribution in [3.05, 3.63) is 23.8 Å². The summed E-state index contributed by atoms with van der Waals surface area (Å²) in [7, 11) is 0. The summed E-state index contributed by atoms with van der Waals surface area (Å²) in [6.45, 7) is 2.19. The molecule has 2 rings (SSSR count). The maximum atomic E-state index is 11.3. The van der Waals surface area contributed by atoms with Gasteiger partial charge in [0.1, 0.15) is 17.6 Å². The Labute approximate surface area is 100 Å². The van der Waals surface area contributed by atoms with E-state index < -0.39 is 0 Å². The Balaban J connectivity index is 1.99. The predicted octanol–water partition coefficient (Wildman–Crippen LogP) is 2.04. The van der Waals surface area contributed by atoms with Crippen molar-refractivity contribution < 1.29 is 19.4 Å². The maximum Gasteiger partial charge on any atom is 0.309 e. The van der Waals surface area contributed by atoms with Gasteiger partial charge in [0.05, 0.1) is 13.0 Å².